The zero-order valence-corrected chi connectivity index (χ0v) is 29.6. The van der Waals surface area contributed by atoms with Crippen LogP contribution in [0.25, 0.3) is 10.9 Å². The van der Waals surface area contributed by atoms with Crippen molar-refractivity contribution in [2.24, 2.45) is 0 Å². The van der Waals surface area contributed by atoms with Crippen molar-refractivity contribution in [2.75, 3.05) is 23.7 Å². The van der Waals surface area contributed by atoms with E-state index in [-0.39, 0.29) is 45.2 Å². The van der Waals surface area contributed by atoms with Crippen molar-refractivity contribution in [1.82, 2.24) is 24.9 Å². The summed E-state index contributed by atoms with van der Waals surface area (Å²) in [5, 5.41) is 25.2. The molecule has 0 radical (unpaired) electrons. The molecule has 6 aromatic rings. The lowest BCUT2D eigenvalue weighted by molar-refractivity contribution is 0.0820. The molecule has 0 spiro atoms. The van der Waals surface area contributed by atoms with Crippen molar-refractivity contribution in [2.45, 2.75) is 31.5 Å². The Hall–Kier alpha value is -5.91. The van der Waals surface area contributed by atoms with Crippen molar-refractivity contribution in [3.8, 4) is 6.07 Å². The molecular formula is C38H28Cl2F4N8O2. The van der Waals surface area contributed by atoms with Crippen LogP contribution in [-0.4, -0.2) is 44.1 Å². The van der Waals surface area contributed by atoms with E-state index in [2.05, 4.69) is 32.0 Å². The van der Waals surface area contributed by atoms with Crippen LogP contribution in [0.4, 0.5) is 39.4 Å². The molecule has 1 fully saturated rings. The summed E-state index contributed by atoms with van der Waals surface area (Å²) in [5.41, 5.74) is 2.54. The maximum atomic E-state index is 14.6. The molecule has 4 aromatic carbocycles. The van der Waals surface area contributed by atoms with Crippen LogP contribution in [-0.2, 0) is 11.3 Å². The fourth-order valence-electron chi connectivity index (χ4n) is 6.24. The van der Waals surface area contributed by atoms with Gasteiger partial charge >= 0.3 is 6.09 Å². The minimum atomic E-state index is -1.63. The molecule has 2 aromatic heterocycles. The van der Waals surface area contributed by atoms with Gasteiger partial charge in [-0.2, -0.15) is 5.26 Å². The number of hydrogen-bond donors (Lipinski definition) is 2. The van der Waals surface area contributed by atoms with Gasteiger partial charge in [-0.05, 0) is 66.4 Å². The Morgan fingerprint density at radius 3 is 2.37 bits per heavy atom. The first-order valence-corrected chi connectivity index (χ1v) is 17.4. The maximum absolute atomic E-state index is 14.6. The summed E-state index contributed by atoms with van der Waals surface area (Å²) in [4.78, 5) is 18.7. The second-order valence-corrected chi connectivity index (χ2v) is 13.3. The van der Waals surface area contributed by atoms with E-state index in [1.807, 2.05) is 30.3 Å². The molecule has 274 valence electrons. The number of fused-ring (bicyclic) bond motifs is 1. The first-order valence-electron chi connectivity index (χ1n) is 16.6. The van der Waals surface area contributed by atoms with E-state index in [1.165, 1.54) is 30.5 Å². The highest BCUT2D eigenvalue weighted by atomic mass is 35.5. The average molecular weight is 776 g/mol. The van der Waals surface area contributed by atoms with E-state index in [0.29, 0.717) is 48.2 Å². The average Bonchev–Trinajstić information content (AvgIpc) is 3.67. The van der Waals surface area contributed by atoms with E-state index in [4.69, 9.17) is 27.9 Å². The van der Waals surface area contributed by atoms with E-state index >= 15 is 0 Å². The SMILES string of the molecule is N#Cc1cnc2c(Cl)cc(NC(c3cc(F)c(F)c(F)c3)c3cn(C4CCN(C(=O)OCc5ccccc5)CC4)nn3)cc2c1Nc1ccc(F)c(Cl)c1. The minimum Gasteiger partial charge on any atom is -0.445 e. The molecule has 1 aliphatic rings. The monoisotopic (exact) mass is 774 g/mol. The van der Waals surface area contributed by atoms with Gasteiger partial charge in [-0.25, -0.2) is 27.0 Å². The Kier molecular flexibility index (Phi) is 10.5. The molecule has 16 heteroatoms. The summed E-state index contributed by atoms with van der Waals surface area (Å²) in [7, 11) is 0. The highest BCUT2D eigenvalue weighted by molar-refractivity contribution is 6.36. The fraction of sp³-hybridized carbons (Fsp3) is 0.184. The number of nitriles is 1. The number of likely N-dealkylation sites (tertiary alicyclic amines) is 1. The summed E-state index contributed by atoms with van der Waals surface area (Å²) in [5.74, 6) is -5.06. The van der Waals surface area contributed by atoms with Crippen LogP contribution in [0.5, 0.6) is 0 Å². The molecule has 1 atom stereocenters. The number of hydrogen-bond acceptors (Lipinski definition) is 8. The van der Waals surface area contributed by atoms with Gasteiger partial charge in [0.2, 0.25) is 0 Å². The van der Waals surface area contributed by atoms with Gasteiger partial charge in [0.1, 0.15) is 24.2 Å². The molecule has 1 unspecified atom stereocenters. The molecule has 1 amide bonds. The van der Waals surface area contributed by atoms with Crippen LogP contribution in [0.3, 0.4) is 0 Å². The molecule has 2 N–H and O–H groups in total. The van der Waals surface area contributed by atoms with E-state index in [1.54, 1.807) is 21.8 Å². The van der Waals surface area contributed by atoms with Crippen molar-refractivity contribution < 1.29 is 27.1 Å². The number of nitrogens with one attached hydrogen (secondary N) is 2. The fourth-order valence-corrected chi connectivity index (χ4v) is 6.69. The Morgan fingerprint density at radius 2 is 1.67 bits per heavy atom. The van der Waals surface area contributed by atoms with Gasteiger partial charge in [0.15, 0.2) is 17.5 Å². The van der Waals surface area contributed by atoms with Crippen LogP contribution in [0.15, 0.2) is 85.2 Å². The molecule has 0 aliphatic carbocycles. The van der Waals surface area contributed by atoms with Crippen LogP contribution in [0.1, 0.15) is 47.3 Å². The lowest BCUT2D eigenvalue weighted by Gasteiger charge is -2.31. The number of rotatable bonds is 9. The molecule has 1 aliphatic heterocycles. The van der Waals surface area contributed by atoms with Gasteiger partial charge in [-0.3, -0.25) is 4.98 Å². The number of carbonyl (C=O) groups excluding carboxylic acids is 1. The van der Waals surface area contributed by atoms with Gasteiger partial charge in [0.05, 0.1) is 45.1 Å². The zero-order chi connectivity index (χ0) is 37.9. The van der Waals surface area contributed by atoms with Crippen LogP contribution in [0, 0.1) is 34.6 Å². The van der Waals surface area contributed by atoms with Crippen LogP contribution < -0.4 is 10.6 Å². The highest BCUT2D eigenvalue weighted by Gasteiger charge is 2.28. The number of aromatic nitrogens is 4. The number of piperidine rings is 1. The van der Waals surface area contributed by atoms with Gasteiger partial charge in [0, 0.05) is 36.0 Å². The molecular weight excluding hydrogens is 747 g/mol. The van der Waals surface area contributed by atoms with Crippen molar-refractivity contribution in [1.29, 1.82) is 5.26 Å². The van der Waals surface area contributed by atoms with E-state index in [9.17, 15) is 27.6 Å². The summed E-state index contributed by atoms with van der Waals surface area (Å²) < 4.78 is 64.4. The second-order valence-electron chi connectivity index (χ2n) is 12.5. The van der Waals surface area contributed by atoms with Crippen LogP contribution in [0.2, 0.25) is 10.0 Å². The van der Waals surface area contributed by atoms with Gasteiger partial charge in [0.25, 0.3) is 0 Å². The second kappa shape index (κ2) is 15.6. The molecule has 3 heterocycles. The third-order valence-corrected chi connectivity index (χ3v) is 9.59. The Bertz CT molecular complexity index is 2380. The number of carbonyl (C=O) groups is 1. The molecule has 7 rings (SSSR count). The van der Waals surface area contributed by atoms with E-state index < -0.39 is 35.4 Å². The molecule has 0 bridgehead atoms. The zero-order valence-electron chi connectivity index (χ0n) is 28.0. The van der Waals surface area contributed by atoms with E-state index in [0.717, 1.165) is 17.7 Å². The quantitative estimate of drug-likeness (QED) is 0.110. The first kappa shape index (κ1) is 36.4. The molecule has 1 saturated heterocycles. The summed E-state index contributed by atoms with van der Waals surface area (Å²) in [6.45, 7) is 0.959. The van der Waals surface area contributed by atoms with Gasteiger partial charge in [-0.1, -0.05) is 58.7 Å². The maximum Gasteiger partial charge on any atom is 0.410 e. The number of benzene rings is 4. The normalized spacial score (nSPS) is 13.8. The van der Waals surface area contributed by atoms with Gasteiger partial charge < -0.3 is 20.3 Å². The summed E-state index contributed by atoms with van der Waals surface area (Å²) in [6, 6.07) is 19.0. The minimum absolute atomic E-state index is 0.00569. The lowest BCUT2D eigenvalue weighted by Crippen LogP contribution is -2.39. The Morgan fingerprint density at radius 1 is 0.944 bits per heavy atom. The van der Waals surface area contributed by atoms with Crippen molar-refractivity contribution in [3.63, 3.8) is 0 Å². The third-order valence-electron chi connectivity index (χ3n) is 9.01. The lowest BCUT2D eigenvalue weighted by atomic mass is 10.0. The third kappa shape index (κ3) is 7.73. The largest absolute Gasteiger partial charge is 0.445 e. The predicted octanol–water partition coefficient (Wildman–Crippen LogP) is 9.48. The number of ether oxygens (including phenoxy) is 1. The predicted molar refractivity (Wildman–Crippen MR) is 194 cm³/mol. The standard InChI is InChI=1S/C38H28Cl2F4N8O2/c39-28-15-24(6-7-30(28)41)47-35-23(17-45)18-46-37-27(35)14-25(16-29(37)40)48-36(22-12-31(42)34(44)32(43)13-22)33-19-52(50-49-33)26-8-10-51(11-9-26)38(53)54-20-21-4-2-1-3-5-21/h1-7,12-16,18-19,26,36,48H,8-11,20H2,(H,46,47). The van der Waals surface area contributed by atoms with Gasteiger partial charge in [-0.15, -0.1) is 5.10 Å². The molecule has 0 saturated carbocycles. The Labute approximate surface area is 315 Å². The summed E-state index contributed by atoms with van der Waals surface area (Å²) >= 11 is 12.7. The highest BCUT2D eigenvalue weighted by Crippen LogP contribution is 2.38. The topological polar surface area (TPSA) is 121 Å². The molecule has 54 heavy (non-hydrogen) atoms. The number of pyridine rings is 1. The Balaban J connectivity index is 1.17. The van der Waals surface area contributed by atoms with Crippen molar-refractivity contribution in [3.05, 3.63) is 141 Å². The number of amides is 1. The number of halogens is 6. The smallest absolute Gasteiger partial charge is 0.410 e. The first-order chi connectivity index (χ1) is 26.1. The number of anilines is 3. The number of nitrogens with zero attached hydrogens (tertiary/aromatic N) is 6. The van der Waals surface area contributed by atoms with Crippen LogP contribution >= 0.6 is 23.2 Å². The van der Waals surface area contributed by atoms with Crippen molar-refractivity contribution >= 4 is 57.3 Å². The summed E-state index contributed by atoms with van der Waals surface area (Å²) in [6.07, 6.45) is 3.59. The molecule has 10 nitrogen and oxygen atoms in total.